The van der Waals surface area contributed by atoms with Gasteiger partial charge >= 0.3 is 0 Å². The van der Waals surface area contributed by atoms with E-state index in [0.717, 1.165) is 31.6 Å². The normalized spacial score (nSPS) is 15.6. The lowest BCUT2D eigenvalue weighted by Gasteiger charge is -2.25. The third kappa shape index (κ3) is 3.13. The van der Waals surface area contributed by atoms with Crippen molar-refractivity contribution in [2.24, 2.45) is 0 Å². The van der Waals surface area contributed by atoms with E-state index in [9.17, 15) is 13.6 Å². The predicted octanol–water partition coefficient (Wildman–Crippen LogP) is 2.55. The van der Waals surface area contributed by atoms with E-state index in [-0.39, 0.29) is 11.4 Å². The third-order valence-corrected chi connectivity index (χ3v) is 5.98. The standard InChI is InChI=1S/C22H23F2N7O/c1-28(2)19-13-11-25-12-26-20(13)31-17-10-15(24)14(23)9-16(17)27-21(31)18(19)22(32)30-6-4-5-29(3)7-8-30/h9-12H,4-8H2,1-3H3. The van der Waals surface area contributed by atoms with Crippen LogP contribution >= 0.6 is 0 Å². The van der Waals surface area contributed by atoms with E-state index in [1.54, 1.807) is 10.6 Å². The van der Waals surface area contributed by atoms with Crippen LogP contribution in [0.4, 0.5) is 14.5 Å². The SMILES string of the molecule is CN1CCCN(C(=O)c2c(N(C)C)c3cncnc3n3c2nc2cc(F)c(F)cc23)CC1. The summed E-state index contributed by atoms with van der Waals surface area (Å²) in [5, 5.41) is 0.629. The van der Waals surface area contributed by atoms with Crippen LogP contribution in [-0.2, 0) is 0 Å². The summed E-state index contributed by atoms with van der Waals surface area (Å²) >= 11 is 0. The average molecular weight is 439 g/mol. The number of amides is 1. The van der Waals surface area contributed by atoms with Crippen molar-refractivity contribution in [3.63, 3.8) is 0 Å². The van der Waals surface area contributed by atoms with Crippen molar-refractivity contribution in [3.05, 3.63) is 41.9 Å². The molecule has 0 atom stereocenters. The highest BCUT2D eigenvalue weighted by molar-refractivity contribution is 6.13. The molecular weight excluding hydrogens is 416 g/mol. The van der Waals surface area contributed by atoms with E-state index >= 15 is 0 Å². The number of imidazole rings is 1. The number of hydrogen-bond acceptors (Lipinski definition) is 6. The molecule has 10 heteroatoms. The molecule has 4 aromatic rings. The number of carbonyl (C=O) groups excluding carboxylic acids is 1. The Morgan fingerprint density at radius 1 is 1.06 bits per heavy atom. The first-order valence-corrected chi connectivity index (χ1v) is 10.4. The van der Waals surface area contributed by atoms with Crippen LogP contribution in [0.25, 0.3) is 27.7 Å². The van der Waals surface area contributed by atoms with Gasteiger partial charge in [-0.3, -0.25) is 9.20 Å². The summed E-state index contributed by atoms with van der Waals surface area (Å²) in [5.41, 5.74) is 2.40. The molecule has 4 heterocycles. The number of fused-ring (bicyclic) bond motifs is 5. The minimum Gasteiger partial charge on any atom is -0.376 e. The fraction of sp³-hybridized carbons (Fsp3) is 0.364. The smallest absolute Gasteiger partial charge is 0.259 e. The zero-order chi connectivity index (χ0) is 22.6. The summed E-state index contributed by atoms with van der Waals surface area (Å²) in [6.45, 7) is 2.89. The summed E-state index contributed by atoms with van der Waals surface area (Å²) in [6.07, 6.45) is 3.88. The molecule has 1 aromatic carbocycles. The monoisotopic (exact) mass is 439 g/mol. The third-order valence-electron chi connectivity index (χ3n) is 5.98. The lowest BCUT2D eigenvalue weighted by molar-refractivity contribution is 0.0765. The van der Waals surface area contributed by atoms with Crippen LogP contribution in [0.3, 0.4) is 0 Å². The molecule has 0 saturated carbocycles. The Morgan fingerprint density at radius 2 is 1.84 bits per heavy atom. The lowest BCUT2D eigenvalue weighted by atomic mass is 10.1. The van der Waals surface area contributed by atoms with Gasteiger partial charge in [-0.1, -0.05) is 0 Å². The van der Waals surface area contributed by atoms with E-state index in [2.05, 4.69) is 19.9 Å². The Kier molecular flexibility index (Phi) is 4.89. The number of rotatable bonds is 2. The number of pyridine rings is 1. The van der Waals surface area contributed by atoms with Crippen LogP contribution < -0.4 is 4.90 Å². The summed E-state index contributed by atoms with van der Waals surface area (Å²) in [4.78, 5) is 32.9. The van der Waals surface area contributed by atoms with Crippen molar-refractivity contribution in [3.8, 4) is 0 Å². The molecule has 0 spiro atoms. The Bertz CT molecular complexity index is 1370. The average Bonchev–Trinajstić information content (AvgIpc) is 2.97. The van der Waals surface area contributed by atoms with Crippen LogP contribution in [0.2, 0.25) is 0 Å². The largest absolute Gasteiger partial charge is 0.376 e. The molecule has 1 fully saturated rings. The lowest BCUT2D eigenvalue weighted by Crippen LogP contribution is -2.35. The fourth-order valence-electron chi connectivity index (χ4n) is 4.43. The van der Waals surface area contributed by atoms with Gasteiger partial charge in [-0.25, -0.2) is 23.7 Å². The van der Waals surface area contributed by atoms with E-state index in [0.29, 0.717) is 46.5 Å². The molecule has 0 radical (unpaired) electrons. The molecule has 0 bridgehead atoms. The molecule has 1 saturated heterocycles. The molecule has 3 aromatic heterocycles. The molecule has 5 rings (SSSR count). The zero-order valence-corrected chi connectivity index (χ0v) is 18.1. The van der Waals surface area contributed by atoms with Gasteiger partial charge < -0.3 is 14.7 Å². The molecule has 1 aliphatic rings. The summed E-state index contributed by atoms with van der Waals surface area (Å²) in [7, 11) is 5.72. The maximum atomic E-state index is 14.2. The van der Waals surface area contributed by atoms with Gasteiger partial charge in [0.05, 0.1) is 22.1 Å². The number of anilines is 1. The number of aromatic nitrogens is 4. The van der Waals surface area contributed by atoms with Crippen LogP contribution in [0.1, 0.15) is 16.8 Å². The van der Waals surface area contributed by atoms with Crippen LogP contribution in [-0.4, -0.2) is 82.4 Å². The second kappa shape index (κ2) is 7.63. The first-order chi connectivity index (χ1) is 15.4. The van der Waals surface area contributed by atoms with Gasteiger partial charge in [-0.15, -0.1) is 0 Å². The van der Waals surface area contributed by atoms with Crippen LogP contribution in [0.15, 0.2) is 24.7 Å². The van der Waals surface area contributed by atoms with Gasteiger partial charge in [0.15, 0.2) is 22.9 Å². The molecule has 0 unspecified atom stereocenters. The van der Waals surface area contributed by atoms with Crippen LogP contribution in [0.5, 0.6) is 0 Å². The topological polar surface area (TPSA) is 69.9 Å². The number of likely N-dealkylation sites (N-methyl/N-ethyl adjacent to an activating group) is 1. The van der Waals surface area contributed by atoms with E-state index in [1.165, 1.54) is 6.33 Å². The molecule has 0 aliphatic carbocycles. The highest BCUT2D eigenvalue weighted by Gasteiger charge is 2.29. The van der Waals surface area contributed by atoms with Gasteiger partial charge in [-0.05, 0) is 20.0 Å². The van der Waals surface area contributed by atoms with Gasteiger partial charge in [0.2, 0.25) is 0 Å². The van der Waals surface area contributed by atoms with Gasteiger partial charge in [0.25, 0.3) is 5.91 Å². The molecule has 8 nitrogen and oxygen atoms in total. The van der Waals surface area contributed by atoms with Crippen molar-refractivity contribution < 1.29 is 13.6 Å². The number of benzene rings is 1. The second-order valence-electron chi connectivity index (χ2n) is 8.35. The maximum absolute atomic E-state index is 14.2. The summed E-state index contributed by atoms with van der Waals surface area (Å²) in [6, 6.07) is 2.14. The number of halogens is 2. The van der Waals surface area contributed by atoms with Gasteiger partial charge in [0, 0.05) is 52.1 Å². The Morgan fingerprint density at radius 3 is 2.62 bits per heavy atom. The molecular formula is C22H23F2N7O. The first kappa shape index (κ1) is 20.5. The van der Waals surface area contributed by atoms with Crippen molar-refractivity contribution >= 4 is 39.3 Å². The van der Waals surface area contributed by atoms with Gasteiger partial charge in [0.1, 0.15) is 11.9 Å². The minimum absolute atomic E-state index is 0.170. The summed E-state index contributed by atoms with van der Waals surface area (Å²) in [5.74, 6) is -2.14. The number of hydrogen-bond donors (Lipinski definition) is 0. The van der Waals surface area contributed by atoms with Crippen molar-refractivity contribution in [1.29, 1.82) is 0 Å². The summed E-state index contributed by atoms with van der Waals surface area (Å²) < 4.78 is 29.8. The molecule has 32 heavy (non-hydrogen) atoms. The van der Waals surface area contributed by atoms with E-state index < -0.39 is 11.6 Å². The molecule has 1 aliphatic heterocycles. The predicted molar refractivity (Wildman–Crippen MR) is 118 cm³/mol. The maximum Gasteiger partial charge on any atom is 0.259 e. The zero-order valence-electron chi connectivity index (χ0n) is 18.1. The fourth-order valence-corrected chi connectivity index (χ4v) is 4.43. The Labute approximate surface area is 183 Å². The number of nitrogens with zero attached hydrogens (tertiary/aromatic N) is 7. The Balaban J connectivity index is 1.87. The van der Waals surface area contributed by atoms with Gasteiger partial charge in [-0.2, -0.15) is 0 Å². The second-order valence-corrected chi connectivity index (χ2v) is 8.35. The number of carbonyl (C=O) groups is 1. The van der Waals surface area contributed by atoms with Crippen LogP contribution in [0, 0.1) is 11.6 Å². The molecule has 0 N–H and O–H groups in total. The first-order valence-electron chi connectivity index (χ1n) is 10.4. The quantitative estimate of drug-likeness (QED) is 0.478. The van der Waals surface area contributed by atoms with E-state index in [1.807, 2.05) is 30.9 Å². The van der Waals surface area contributed by atoms with Crippen molar-refractivity contribution in [2.75, 3.05) is 52.2 Å². The molecule has 1 amide bonds. The van der Waals surface area contributed by atoms with E-state index in [4.69, 9.17) is 0 Å². The highest BCUT2D eigenvalue weighted by atomic mass is 19.2. The minimum atomic E-state index is -0.990. The van der Waals surface area contributed by atoms with Crippen molar-refractivity contribution in [1.82, 2.24) is 29.2 Å². The van der Waals surface area contributed by atoms with Crippen molar-refractivity contribution in [2.45, 2.75) is 6.42 Å². The highest BCUT2D eigenvalue weighted by Crippen LogP contribution is 2.35. The Hall–Kier alpha value is -3.40. The molecule has 166 valence electrons.